The van der Waals surface area contributed by atoms with E-state index in [0.717, 1.165) is 36.7 Å². The fourth-order valence-electron chi connectivity index (χ4n) is 5.05. The molecule has 3 aromatic rings. The zero-order valence-corrected chi connectivity index (χ0v) is 21.3. The number of amides is 2. The summed E-state index contributed by atoms with van der Waals surface area (Å²) >= 11 is 6.76. The smallest absolute Gasteiger partial charge is 0.320 e. The molecule has 2 N–H and O–H groups in total. The monoisotopic (exact) mass is 529 g/mol. The fourth-order valence-corrected chi connectivity index (χ4v) is 5.37. The third-order valence-electron chi connectivity index (χ3n) is 7.27. The summed E-state index contributed by atoms with van der Waals surface area (Å²) in [4.78, 5) is 15.4. The highest BCUT2D eigenvalue weighted by Gasteiger charge is 2.36. The van der Waals surface area contributed by atoms with E-state index in [1.807, 2.05) is 30.3 Å². The summed E-state index contributed by atoms with van der Waals surface area (Å²) in [6, 6.07) is 12.6. The Kier molecular flexibility index (Phi) is 7.73. The van der Waals surface area contributed by atoms with E-state index in [1.54, 1.807) is 17.9 Å². The molecule has 1 aromatic heterocycles. The number of rotatable bonds is 8. The van der Waals surface area contributed by atoms with Crippen molar-refractivity contribution in [1.29, 1.82) is 0 Å². The number of nitrogens with zero attached hydrogens (tertiary/aromatic N) is 3. The molecule has 0 spiro atoms. The van der Waals surface area contributed by atoms with Gasteiger partial charge in [-0.05, 0) is 42.7 Å². The number of benzene rings is 2. The van der Waals surface area contributed by atoms with Gasteiger partial charge in [0.25, 0.3) is 0 Å². The first-order valence-corrected chi connectivity index (χ1v) is 12.9. The van der Waals surface area contributed by atoms with Crippen molar-refractivity contribution in [2.45, 2.75) is 37.1 Å². The Balaban J connectivity index is 1.38. The van der Waals surface area contributed by atoms with Crippen LogP contribution in [0.4, 0.5) is 19.4 Å². The number of anilines is 1. The second-order valence-electron chi connectivity index (χ2n) is 9.66. The predicted molar refractivity (Wildman–Crippen MR) is 139 cm³/mol. The maximum Gasteiger partial charge on any atom is 0.320 e. The van der Waals surface area contributed by atoms with Gasteiger partial charge in [0.2, 0.25) is 0 Å². The molecule has 2 fully saturated rings. The SMILES string of the molecule is COCCN1C[C@H](c2ccc(F)c(F)c2)[C@H](NC(=O)Nc2c(Cl)c(C3CCC3)nn2-c2ccccc2)C1. The van der Waals surface area contributed by atoms with Crippen molar-refractivity contribution in [3.8, 4) is 5.69 Å². The molecule has 0 unspecified atom stereocenters. The van der Waals surface area contributed by atoms with Crippen LogP contribution >= 0.6 is 11.6 Å². The molecule has 2 aliphatic rings. The number of carbonyl (C=O) groups is 1. The molecule has 1 aliphatic carbocycles. The van der Waals surface area contributed by atoms with Gasteiger partial charge in [-0.15, -0.1) is 0 Å². The number of hydrogen-bond acceptors (Lipinski definition) is 4. The highest BCUT2D eigenvalue weighted by Crippen LogP contribution is 2.42. The molecule has 2 aromatic carbocycles. The predicted octanol–water partition coefficient (Wildman–Crippen LogP) is 5.31. The molecule has 2 amide bonds. The second kappa shape index (κ2) is 11.2. The molecule has 0 bridgehead atoms. The maximum absolute atomic E-state index is 14.0. The number of ether oxygens (including phenoxy) is 1. The van der Waals surface area contributed by atoms with Crippen LogP contribution in [0, 0.1) is 11.6 Å². The number of urea groups is 1. The molecular formula is C27H30ClF2N5O2. The van der Waals surface area contributed by atoms with Crippen molar-refractivity contribution >= 4 is 23.4 Å². The number of aromatic nitrogens is 2. The molecule has 1 saturated carbocycles. The zero-order chi connectivity index (χ0) is 25.9. The molecule has 0 radical (unpaired) electrons. The quantitative estimate of drug-likeness (QED) is 0.415. The van der Waals surface area contributed by atoms with Crippen molar-refractivity contribution in [2.75, 3.05) is 38.7 Å². The Labute approximate surface area is 219 Å². The average molecular weight is 530 g/mol. The van der Waals surface area contributed by atoms with Gasteiger partial charge in [-0.2, -0.15) is 5.10 Å². The van der Waals surface area contributed by atoms with Crippen LogP contribution in [0.15, 0.2) is 48.5 Å². The lowest BCUT2D eigenvalue weighted by Gasteiger charge is -2.23. The average Bonchev–Trinajstić information content (AvgIpc) is 3.40. The number of hydrogen-bond donors (Lipinski definition) is 2. The van der Waals surface area contributed by atoms with Crippen LogP contribution in [0.2, 0.25) is 5.02 Å². The van der Waals surface area contributed by atoms with Gasteiger partial charge in [0.1, 0.15) is 5.02 Å². The molecule has 1 saturated heterocycles. The summed E-state index contributed by atoms with van der Waals surface area (Å²) < 4.78 is 34.5. The molecule has 2 atom stereocenters. The number of para-hydroxylation sites is 1. The Bertz CT molecular complexity index is 1250. The van der Waals surface area contributed by atoms with Crippen molar-refractivity contribution in [3.05, 3.63) is 76.4 Å². The van der Waals surface area contributed by atoms with Gasteiger partial charge in [0.05, 0.1) is 24.0 Å². The molecule has 196 valence electrons. The Morgan fingerprint density at radius 2 is 1.92 bits per heavy atom. The van der Waals surface area contributed by atoms with E-state index in [9.17, 15) is 13.6 Å². The lowest BCUT2D eigenvalue weighted by molar-refractivity contribution is 0.159. The van der Waals surface area contributed by atoms with Gasteiger partial charge in [0.15, 0.2) is 17.5 Å². The summed E-state index contributed by atoms with van der Waals surface area (Å²) in [6.45, 7) is 2.31. The zero-order valence-electron chi connectivity index (χ0n) is 20.6. The van der Waals surface area contributed by atoms with E-state index in [-0.39, 0.29) is 17.9 Å². The van der Waals surface area contributed by atoms with Crippen LogP contribution in [-0.2, 0) is 4.74 Å². The van der Waals surface area contributed by atoms with Crippen LogP contribution in [0.1, 0.15) is 42.4 Å². The lowest BCUT2D eigenvalue weighted by Crippen LogP contribution is -2.42. The highest BCUT2D eigenvalue weighted by atomic mass is 35.5. The van der Waals surface area contributed by atoms with Gasteiger partial charge >= 0.3 is 6.03 Å². The third kappa shape index (κ3) is 5.49. The van der Waals surface area contributed by atoms with Crippen molar-refractivity contribution < 1.29 is 18.3 Å². The molecule has 5 rings (SSSR count). The first-order chi connectivity index (χ1) is 17.9. The summed E-state index contributed by atoms with van der Waals surface area (Å²) in [5.74, 6) is -1.34. The number of likely N-dealkylation sites (tertiary alicyclic amines) is 1. The van der Waals surface area contributed by atoms with Gasteiger partial charge in [-0.25, -0.2) is 18.3 Å². The van der Waals surface area contributed by atoms with Gasteiger partial charge in [0, 0.05) is 38.6 Å². The van der Waals surface area contributed by atoms with Gasteiger partial charge in [-0.1, -0.05) is 42.3 Å². The first-order valence-electron chi connectivity index (χ1n) is 12.5. The second-order valence-corrected chi connectivity index (χ2v) is 10.0. The summed E-state index contributed by atoms with van der Waals surface area (Å²) in [7, 11) is 1.63. The van der Waals surface area contributed by atoms with E-state index in [1.165, 1.54) is 6.07 Å². The topological polar surface area (TPSA) is 71.4 Å². The molecule has 2 heterocycles. The number of nitrogens with one attached hydrogen (secondary N) is 2. The normalized spacial score (nSPS) is 20.1. The van der Waals surface area contributed by atoms with Crippen molar-refractivity contribution in [1.82, 2.24) is 20.0 Å². The van der Waals surface area contributed by atoms with Gasteiger partial charge < -0.3 is 10.1 Å². The number of carbonyl (C=O) groups excluding carboxylic acids is 1. The van der Waals surface area contributed by atoms with E-state index in [2.05, 4.69) is 15.5 Å². The van der Waals surface area contributed by atoms with Gasteiger partial charge in [-0.3, -0.25) is 10.2 Å². The van der Waals surface area contributed by atoms with Crippen LogP contribution in [-0.4, -0.2) is 60.1 Å². The van der Waals surface area contributed by atoms with Crippen LogP contribution in [0.5, 0.6) is 0 Å². The van der Waals surface area contributed by atoms with Crippen LogP contribution < -0.4 is 10.6 Å². The minimum absolute atomic E-state index is 0.224. The maximum atomic E-state index is 14.0. The summed E-state index contributed by atoms with van der Waals surface area (Å²) in [6.07, 6.45) is 3.17. The molecule has 1 aliphatic heterocycles. The summed E-state index contributed by atoms with van der Waals surface area (Å²) in [5, 5.41) is 11.2. The highest BCUT2D eigenvalue weighted by molar-refractivity contribution is 6.34. The Morgan fingerprint density at radius 1 is 1.14 bits per heavy atom. The number of methoxy groups -OCH3 is 1. The lowest BCUT2D eigenvalue weighted by atomic mass is 9.83. The van der Waals surface area contributed by atoms with E-state index < -0.39 is 17.7 Å². The molecular weight excluding hydrogens is 500 g/mol. The van der Waals surface area contributed by atoms with E-state index in [4.69, 9.17) is 21.4 Å². The molecule has 7 nitrogen and oxygen atoms in total. The van der Waals surface area contributed by atoms with Crippen molar-refractivity contribution in [3.63, 3.8) is 0 Å². The van der Waals surface area contributed by atoms with E-state index in [0.29, 0.717) is 42.6 Å². The Hall–Kier alpha value is -3.01. The largest absolute Gasteiger partial charge is 0.383 e. The van der Waals surface area contributed by atoms with Crippen LogP contribution in [0.3, 0.4) is 0 Å². The fraction of sp³-hybridized carbons (Fsp3) is 0.407. The number of halogens is 3. The first kappa shape index (κ1) is 25.6. The molecule has 10 heteroatoms. The van der Waals surface area contributed by atoms with Crippen LogP contribution in [0.25, 0.3) is 5.69 Å². The Morgan fingerprint density at radius 3 is 2.59 bits per heavy atom. The van der Waals surface area contributed by atoms with E-state index >= 15 is 0 Å². The minimum Gasteiger partial charge on any atom is -0.383 e. The molecule has 37 heavy (non-hydrogen) atoms. The third-order valence-corrected chi connectivity index (χ3v) is 7.64. The standard InChI is InChI=1S/C27H30ClF2N5O2/c1-37-13-12-34-15-20(18-10-11-21(29)22(30)14-18)23(16-34)31-27(36)32-26-24(28)25(17-6-5-7-17)33-35(26)19-8-3-2-4-9-19/h2-4,8-11,14,17,20,23H,5-7,12-13,15-16H2,1H3,(H2,31,32,36)/t20-,23-/m1/s1. The summed E-state index contributed by atoms with van der Waals surface area (Å²) in [5.41, 5.74) is 2.21. The minimum atomic E-state index is -0.905. The van der Waals surface area contributed by atoms with Crippen molar-refractivity contribution in [2.24, 2.45) is 0 Å².